The Hall–Kier alpha value is -2.86. The number of nitrogens with one attached hydrogen (secondary N) is 1. The maximum absolute atomic E-state index is 12.1. The van der Waals surface area contributed by atoms with Crippen LogP contribution in [0, 0.1) is 0 Å². The second kappa shape index (κ2) is 7.81. The number of H-pyrrole nitrogens is 1. The predicted molar refractivity (Wildman–Crippen MR) is 98.3 cm³/mol. The minimum atomic E-state index is -0.656. The van der Waals surface area contributed by atoms with Crippen LogP contribution in [0.25, 0.3) is 10.9 Å². The molecule has 0 fully saturated rings. The Morgan fingerprint density at radius 1 is 1.16 bits per heavy atom. The molecule has 0 bridgehead atoms. The minimum Gasteiger partial charge on any atom is -0.451 e. The van der Waals surface area contributed by atoms with E-state index in [1.165, 1.54) is 17.8 Å². The number of nitrogens with zero attached hydrogens (tertiary/aromatic N) is 1. The number of carbonyl (C=O) groups excluding carboxylic acids is 1. The van der Waals surface area contributed by atoms with Crippen LogP contribution in [0.15, 0.2) is 75.8 Å². The average molecular weight is 352 g/mol. The first kappa shape index (κ1) is 17.0. The number of rotatable bonds is 5. The van der Waals surface area contributed by atoms with E-state index in [0.29, 0.717) is 16.7 Å². The van der Waals surface area contributed by atoms with Crippen molar-refractivity contribution in [1.82, 2.24) is 9.97 Å². The number of hydrogen-bond donors (Lipinski definition) is 1. The van der Waals surface area contributed by atoms with Crippen molar-refractivity contribution >= 4 is 28.6 Å². The fourth-order valence-corrected chi connectivity index (χ4v) is 2.88. The molecule has 0 aliphatic carbocycles. The molecule has 0 spiro atoms. The molecule has 1 N–H and O–H groups in total. The van der Waals surface area contributed by atoms with E-state index in [1.807, 2.05) is 30.3 Å². The van der Waals surface area contributed by atoms with Gasteiger partial charge in [-0.1, -0.05) is 42.1 Å². The maximum atomic E-state index is 12.1. The number of para-hydroxylation sites is 1. The number of aromatic amines is 1. The molecule has 5 nitrogen and oxygen atoms in total. The van der Waals surface area contributed by atoms with E-state index >= 15 is 0 Å². The van der Waals surface area contributed by atoms with Gasteiger partial charge >= 0.3 is 5.97 Å². The van der Waals surface area contributed by atoms with E-state index in [0.717, 1.165) is 4.90 Å². The highest BCUT2D eigenvalue weighted by molar-refractivity contribution is 8.02. The molecule has 0 saturated carbocycles. The summed E-state index contributed by atoms with van der Waals surface area (Å²) < 4.78 is 5.31. The highest BCUT2D eigenvalue weighted by Gasteiger charge is 2.14. The monoisotopic (exact) mass is 352 g/mol. The lowest BCUT2D eigenvalue weighted by molar-refractivity contribution is -0.142. The van der Waals surface area contributed by atoms with E-state index in [-0.39, 0.29) is 5.56 Å². The van der Waals surface area contributed by atoms with Crippen molar-refractivity contribution < 1.29 is 9.53 Å². The Bertz CT molecular complexity index is 967. The van der Waals surface area contributed by atoms with Gasteiger partial charge in [-0.2, -0.15) is 0 Å². The summed E-state index contributed by atoms with van der Waals surface area (Å²) in [6.45, 7) is 1.67. The van der Waals surface area contributed by atoms with Crippen LogP contribution in [-0.4, -0.2) is 15.9 Å². The van der Waals surface area contributed by atoms with Gasteiger partial charge in [-0.25, -0.2) is 9.78 Å². The Morgan fingerprint density at radius 3 is 2.68 bits per heavy atom. The highest BCUT2D eigenvalue weighted by atomic mass is 32.2. The number of fused-ring (bicyclic) bond motifs is 1. The Labute approximate surface area is 148 Å². The molecule has 1 atom stereocenters. The van der Waals surface area contributed by atoms with Crippen molar-refractivity contribution in [3.05, 3.63) is 82.3 Å². The SMILES string of the molecule is C[C@H](OC(=O)/C=C/Sc1ccccc1)c1nc2ccccc2c(=O)[nH]1. The van der Waals surface area contributed by atoms with Gasteiger partial charge in [0.15, 0.2) is 11.9 Å². The maximum Gasteiger partial charge on any atom is 0.331 e. The zero-order valence-corrected chi connectivity index (χ0v) is 14.3. The van der Waals surface area contributed by atoms with Gasteiger partial charge in [0.2, 0.25) is 0 Å². The molecule has 1 heterocycles. The molecule has 0 amide bonds. The van der Waals surface area contributed by atoms with Crippen molar-refractivity contribution in [2.75, 3.05) is 0 Å². The van der Waals surface area contributed by atoms with Gasteiger partial charge in [0.25, 0.3) is 5.56 Å². The van der Waals surface area contributed by atoms with Crippen LogP contribution in [0.4, 0.5) is 0 Å². The first-order chi connectivity index (χ1) is 12.1. The molecule has 3 rings (SSSR count). The number of carbonyl (C=O) groups is 1. The summed E-state index contributed by atoms with van der Waals surface area (Å²) in [6.07, 6.45) is 0.698. The molecule has 0 saturated heterocycles. The third kappa shape index (κ3) is 4.36. The molecule has 0 radical (unpaired) electrons. The summed E-state index contributed by atoms with van der Waals surface area (Å²) in [5.74, 6) is -0.173. The zero-order chi connectivity index (χ0) is 17.6. The molecule has 2 aromatic carbocycles. The summed E-state index contributed by atoms with van der Waals surface area (Å²) in [6, 6.07) is 16.7. The summed E-state index contributed by atoms with van der Waals surface area (Å²) in [7, 11) is 0. The minimum absolute atomic E-state index is 0.251. The van der Waals surface area contributed by atoms with E-state index in [4.69, 9.17) is 4.74 Å². The molecular formula is C19H16N2O3S. The number of hydrogen-bond acceptors (Lipinski definition) is 5. The van der Waals surface area contributed by atoms with E-state index in [1.54, 1.807) is 36.6 Å². The van der Waals surface area contributed by atoms with E-state index < -0.39 is 12.1 Å². The molecule has 3 aromatic rings. The summed E-state index contributed by atoms with van der Waals surface area (Å²) in [4.78, 5) is 32.0. The Kier molecular flexibility index (Phi) is 5.30. The zero-order valence-electron chi connectivity index (χ0n) is 13.5. The standard InChI is InChI=1S/C19H16N2O3S/c1-13(18-20-16-10-6-5-9-15(16)19(23)21-18)24-17(22)11-12-25-14-7-3-2-4-8-14/h2-13H,1H3,(H,20,21,23)/b12-11+/t13-/m0/s1. The van der Waals surface area contributed by atoms with Crippen molar-refractivity contribution in [2.45, 2.75) is 17.9 Å². The number of esters is 1. The second-order valence-corrected chi connectivity index (χ2v) is 6.26. The molecule has 126 valence electrons. The van der Waals surface area contributed by atoms with Gasteiger partial charge in [-0.15, -0.1) is 0 Å². The van der Waals surface area contributed by atoms with Crippen molar-refractivity contribution in [1.29, 1.82) is 0 Å². The molecule has 25 heavy (non-hydrogen) atoms. The molecule has 1 aromatic heterocycles. The third-order valence-electron chi connectivity index (χ3n) is 3.46. The van der Waals surface area contributed by atoms with Crippen LogP contribution in [0.5, 0.6) is 0 Å². The Morgan fingerprint density at radius 2 is 1.88 bits per heavy atom. The first-order valence-corrected chi connectivity index (χ1v) is 8.59. The van der Waals surface area contributed by atoms with Gasteiger partial charge < -0.3 is 9.72 Å². The lowest BCUT2D eigenvalue weighted by Gasteiger charge is -2.11. The van der Waals surface area contributed by atoms with Gasteiger partial charge in [0.1, 0.15) is 0 Å². The molecule has 0 aliphatic rings. The normalized spacial score (nSPS) is 12.4. The lowest BCUT2D eigenvalue weighted by Crippen LogP contribution is -2.16. The van der Waals surface area contributed by atoms with Crippen molar-refractivity contribution in [2.24, 2.45) is 0 Å². The fourth-order valence-electron chi connectivity index (χ4n) is 2.23. The van der Waals surface area contributed by atoms with Crippen LogP contribution in [0.2, 0.25) is 0 Å². The summed E-state index contributed by atoms with van der Waals surface area (Å²) in [5.41, 5.74) is 0.318. The average Bonchev–Trinajstić information content (AvgIpc) is 2.62. The van der Waals surface area contributed by atoms with Crippen LogP contribution in [0.1, 0.15) is 18.9 Å². The molecule has 0 aliphatic heterocycles. The van der Waals surface area contributed by atoms with E-state index in [2.05, 4.69) is 9.97 Å². The van der Waals surface area contributed by atoms with E-state index in [9.17, 15) is 9.59 Å². The van der Waals surface area contributed by atoms with Gasteiger partial charge in [0, 0.05) is 11.0 Å². The van der Waals surface area contributed by atoms with Gasteiger partial charge in [-0.3, -0.25) is 4.79 Å². The smallest absolute Gasteiger partial charge is 0.331 e. The molecular weight excluding hydrogens is 336 g/mol. The third-order valence-corrected chi connectivity index (χ3v) is 4.28. The predicted octanol–water partition coefficient (Wildman–Crippen LogP) is 3.83. The fraction of sp³-hybridized carbons (Fsp3) is 0.105. The first-order valence-electron chi connectivity index (χ1n) is 7.71. The number of benzene rings is 2. The summed E-state index contributed by atoms with van der Waals surface area (Å²) >= 11 is 1.42. The largest absolute Gasteiger partial charge is 0.451 e. The number of thioether (sulfide) groups is 1. The van der Waals surface area contributed by atoms with Crippen LogP contribution < -0.4 is 5.56 Å². The lowest BCUT2D eigenvalue weighted by atomic mass is 10.2. The summed E-state index contributed by atoms with van der Waals surface area (Å²) in [5, 5.41) is 2.17. The van der Waals surface area contributed by atoms with Crippen LogP contribution in [0.3, 0.4) is 0 Å². The quantitative estimate of drug-likeness (QED) is 0.429. The van der Waals surface area contributed by atoms with Gasteiger partial charge in [-0.05, 0) is 36.6 Å². The topological polar surface area (TPSA) is 72.0 Å². The molecule has 0 unspecified atom stereocenters. The number of aromatic nitrogens is 2. The van der Waals surface area contributed by atoms with Crippen LogP contribution in [-0.2, 0) is 9.53 Å². The molecule has 6 heteroatoms. The highest BCUT2D eigenvalue weighted by Crippen LogP contribution is 2.19. The van der Waals surface area contributed by atoms with Crippen LogP contribution >= 0.6 is 11.8 Å². The van der Waals surface area contributed by atoms with Crippen molar-refractivity contribution in [3.63, 3.8) is 0 Å². The second-order valence-electron chi connectivity index (χ2n) is 5.28. The van der Waals surface area contributed by atoms with Crippen molar-refractivity contribution in [3.8, 4) is 0 Å². The van der Waals surface area contributed by atoms with Gasteiger partial charge in [0.05, 0.1) is 10.9 Å². The Balaban J connectivity index is 1.66. The number of ether oxygens (including phenoxy) is 1.